The van der Waals surface area contributed by atoms with Crippen LogP contribution in [0.1, 0.15) is 25.7 Å². The van der Waals surface area contributed by atoms with E-state index in [2.05, 4.69) is 30.4 Å². The maximum absolute atomic E-state index is 12.5. The first-order chi connectivity index (χ1) is 7.33. The molecule has 1 nitrogen and oxygen atoms in total. The zero-order valence-corrected chi connectivity index (χ0v) is 8.86. The lowest BCUT2D eigenvalue weighted by Crippen LogP contribution is -2.34. The van der Waals surface area contributed by atoms with Crippen molar-refractivity contribution in [3.8, 4) is 0 Å². The van der Waals surface area contributed by atoms with Crippen molar-refractivity contribution in [3.05, 3.63) is 36.5 Å². The van der Waals surface area contributed by atoms with E-state index >= 15 is 0 Å². The smallest absolute Gasteiger partial charge is 0.150 e. The topological polar surface area (TPSA) is 17.1 Å². The summed E-state index contributed by atoms with van der Waals surface area (Å²) >= 11 is 0. The summed E-state index contributed by atoms with van der Waals surface area (Å²) in [5.41, 5.74) is -0.152. The van der Waals surface area contributed by atoms with Gasteiger partial charge in [0.15, 0.2) is 5.78 Å². The number of carbonyl (C=O) groups is 1. The molecule has 3 rings (SSSR count). The Kier molecular flexibility index (Phi) is 1.95. The highest BCUT2D eigenvalue weighted by atomic mass is 16.1. The number of ketones is 1. The fourth-order valence-electron chi connectivity index (χ4n) is 3.35. The molecule has 3 unspecified atom stereocenters. The fraction of sp³-hybridized carbons (Fsp3) is 0.500. The standard InChI is InChI=1S/C14H16O/c15-13-11-5-1-2-9-14(13)10-4-8-12(14)7-3-6-11/h1-3,5,7,9,11-12H,4,6,8,10H2. The lowest BCUT2D eigenvalue weighted by Gasteiger charge is -2.29. The van der Waals surface area contributed by atoms with Crippen LogP contribution < -0.4 is 0 Å². The Bertz CT molecular complexity index is 375. The molecule has 78 valence electrons. The number of hydrogen-bond acceptors (Lipinski definition) is 1. The van der Waals surface area contributed by atoms with Gasteiger partial charge in [0, 0.05) is 5.92 Å². The molecule has 0 saturated heterocycles. The van der Waals surface area contributed by atoms with Crippen LogP contribution in [0, 0.1) is 17.3 Å². The first-order valence-electron chi connectivity index (χ1n) is 5.90. The lowest BCUT2D eigenvalue weighted by atomic mass is 9.72. The molecular weight excluding hydrogens is 184 g/mol. The summed E-state index contributed by atoms with van der Waals surface area (Å²) in [5.74, 6) is 1.05. The molecule has 15 heavy (non-hydrogen) atoms. The highest BCUT2D eigenvalue weighted by Crippen LogP contribution is 2.50. The largest absolute Gasteiger partial charge is 0.298 e. The summed E-state index contributed by atoms with van der Waals surface area (Å²) in [7, 11) is 0. The average molecular weight is 200 g/mol. The minimum Gasteiger partial charge on any atom is -0.298 e. The molecule has 0 heterocycles. The van der Waals surface area contributed by atoms with Crippen LogP contribution in [0.4, 0.5) is 0 Å². The molecule has 0 aromatic rings. The quantitative estimate of drug-likeness (QED) is 0.549. The van der Waals surface area contributed by atoms with Crippen LogP contribution in [0.5, 0.6) is 0 Å². The molecule has 0 amide bonds. The molecule has 1 fully saturated rings. The second-order valence-corrected chi connectivity index (χ2v) is 4.92. The van der Waals surface area contributed by atoms with Crippen LogP contribution >= 0.6 is 0 Å². The summed E-state index contributed by atoms with van der Waals surface area (Å²) < 4.78 is 0. The van der Waals surface area contributed by atoms with E-state index in [-0.39, 0.29) is 11.3 Å². The molecule has 0 aromatic heterocycles. The van der Waals surface area contributed by atoms with E-state index in [0.717, 1.165) is 12.8 Å². The molecule has 0 aliphatic heterocycles. The third-order valence-corrected chi connectivity index (χ3v) is 4.17. The summed E-state index contributed by atoms with van der Waals surface area (Å²) in [4.78, 5) is 12.5. The molecule has 1 saturated carbocycles. The van der Waals surface area contributed by atoms with Crippen molar-refractivity contribution in [1.29, 1.82) is 0 Å². The summed E-state index contributed by atoms with van der Waals surface area (Å²) in [6, 6.07) is 0. The van der Waals surface area contributed by atoms with E-state index in [1.165, 1.54) is 12.8 Å². The summed E-state index contributed by atoms with van der Waals surface area (Å²) in [6.45, 7) is 0. The Hall–Kier alpha value is -1.11. The van der Waals surface area contributed by atoms with Gasteiger partial charge in [-0.2, -0.15) is 0 Å². The van der Waals surface area contributed by atoms with E-state index in [1.54, 1.807) is 0 Å². The molecule has 0 aromatic carbocycles. The van der Waals surface area contributed by atoms with Gasteiger partial charge in [-0.25, -0.2) is 0 Å². The Labute approximate surface area is 90.6 Å². The second kappa shape index (κ2) is 3.19. The van der Waals surface area contributed by atoms with Gasteiger partial charge in [-0.3, -0.25) is 4.79 Å². The van der Waals surface area contributed by atoms with Crippen molar-refractivity contribution in [2.45, 2.75) is 25.7 Å². The molecule has 2 bridgehead atoms. The Balaban J connectivity index is 2.14. The minimum atomic E-state index is -0.152. The maximum Gasteiger partial charge on any atom is 0.150 e. The zero-order valence-electron chi connectivity index (χ0n) is 8.86. The van der Waals surface area contributed by atoms with Gasteiger partial charge in [-0.1, -0.05) is 42.9 Å². The van der Waals surface area contributed by atoms with Crippen molar-refractivity contribution in [3.63, 3.8) is 0 Å². The SMILES string of the molecule is O=C1C2C=CC=CC13CCCC3C=CC2. The Morgan fingerprint density at radius 3 is 3.13 bits per heavy atom. The first kappa shape index (κ1) is 9.14. The molecule has 3 aliphatic carbocycles. The van der Waals surface area contributed by atoms with Crippen LogP contribution in [0.2, 0.25) is 0 Å². The number of carbonyl (C=O) groups excluding carboxylic acids is 1. The summed E-state index contributed by atoms with van der Waals surface area (Å²) in [6.07, 6.45) is 17.2. The van der Waals surface area contributed by atoms with Crippen LogP contribution in [0.3, 0.4) is 0 Å². The van der Waals surface area contributed by atoms with Gasteiger partial charge in [-0.15, -0.1) is 0 Å². The number of hydrogen-bond donors (Lipinski definition) is 0. The van der Waals surface area contributed by atoms with E-state index < -0.39 is 0 Å². The van der Waals surface area contributed by atoms with E-state index in [1.807, 2.05) is 6.08 Å². The van der Waals surface area contributed by atoms with Gasteiger partial charge in [0.05, 0.1) is 5.41 Å². The van der Waals surface area contributed by atoms with Crippen molar-refractivity contribution >= 4 is 5.78 Å². The monoisotopic (exact) mass is 200 g/mol. The van der Waals surface area contributed by atoms with Gasteiger partial charge in [0.25, 0.3) is 0 Å². The number of Topliss-reactive ketones (excluding diaryl/α,β-unsaturated/α-hetero) is 1. The van der Waals surface area contributed by atoms with Crippen molar-refractivity contribution < 1.29 is 4.79 Å². The van der Waals surface area contributed by atoms with Crippen LogP contribution in [0.15, 0.2) is 36.5 Å². The molecule has 0 N–H and O–H groups in total. The van der Waals surface area contributed by atoms with Gasteiger partial charge in [0.2, 0.25) is 0 Å². The van der Waals surface area contributed by atoms with Crippen molar-refractivity contribution in [2.75, 3.05) is 0 Å². The van der Waals surface area contributed by atoms with Crippen molar-refractivity contribution in [2.24, 2.45) is 17.3 Å². The highest BCUT2D eigenvalue weighted by Gasteiger charge is 2.48. The number of fused-ring (bicyclic) bond motifs is 1. The van der Waals surface area contributed by atoms with Gasteiger partial charge in [0.1, 0.15) is 0 Å². The minimum absolute atomic E-state index is 0.124. The normalized spacial score (nSPS) is 42.5. The van der Waals surface area contributed by atoms with Gasteiger partial charge < -0.3 is 0 Å². The highest BCUT2D eigenvalue weighted by molar-refractivity contribution is 5.92. The number of rotatable bonds is 0. The number of allylic oxidation sites excluding steroid dienone is 6. The second-order valence-electron chi connectivity index (χ2n) is 4.92. The van der Waals surface area contributed by atoms with Crippen molar-refractivity contribution in [1.82, 2.24) is 0 Å². The van der Waals surface area contributed by atoms with Crippen LogP contribution in [-0.2, 0) is 4.79 Å². The average Bonchev–Trinajstić information content (AvgIpc) is 2.54. The fourth-order valence-corrected chi connectivity index (χ4v) is 3.35. The maximum atomic E-state index is 12.5. The Morgan fingerprint density at radius 2 is 2.20 bits per heavy atom. The first-order valence-corrected chi connectivity index (χ1v) is 5.90. The molecule has 3 aliphatic rings. The Morgan fingerprint density at radius 1 is 1.27 bits per heavy atom. The van der Waals surface area contributed by atoms with E-state index in [4.69, 9.17) is 0 Å². The van der Waals surface area contributed by atoms with Crippen LogP contribution in [-0.4, -0.2) is 5.78 Å². The van der Waals surface area contributed by atoms with Gasteiger partial charge >= 0.3 is 0 Å². The molecule has 0 radical (unpaired) electrons. The third kappa shape index (κ3) is 1.19. The predicted molar refractivity (Wildman–Crippen MR) is 60.3 cm³/mol. The molecule has 1 spiro atoms. The lowest BCUT2D eigenvalue weighted by molar-refractivity contribution is -0.129. The predicted octanol–water partition coefficient (Wildman–Crippen LogP) is 3.04. The summed E-state index contributed by atoms with van der Waals surface area (Å²) in [5, 5.41) is 0. The molecule has 3 atom stereocenters. The van der Waals surface area contributed by atoms with E-state index in [0.29, 0.717) is 11.7 Å². The van der Waals surface area contributed by atoms with E-state index in [9.17, 15) is 4.79 Å². The molecular formula is C14H16O. The zero-order chi connectivity index (χ0) is 10.3. The third-order valence-electron chi connectivity index (χ3n) is 4.17. The molecule has 1 heteroatoms. The van der Waals surface area contributed by atoms with Gasteiger partial charge in [-0.05, 0) is 25.2 Å². The van der Waals surface area contributed by atoms with Crippen LogP contribution in [0.25, 0.3) is 0 Å².